The maximum atomic E-state index is 12.7. The molecule has 92 valence electrons. The first kappa shape index (κ1) is 13.2. The molecule has 0 aromatic heterocycles. The number of aliphatic carboxylic acids is 1. The SMILES string of the molecule is CCC(C(=O)O)N(C)C(=O)c1ccc(F)cc1. The Balaban J connectivity index is 2.89. The summed E-state index contributed by atoms with van der Waals surface area (Å²) in [7, 11) is 1.42. The third-order valence-electron chi connectivity index (χ3n) is 2.55. The predicted molar refractivity (Wildman–Crippen MR) is 60.2 cm³/mol. The number of benzene rings is 1. The third-order valence-corrected chi connectivity index (χ3v) is 2.55. The van der Waals surface area contributed by atoms with Crippen molar-refractivity contribution >= 4 is 11.9 Å². The highest BCUT2D eigenvalue weighted by Gasteiger charge is 2.25. The van der Waals surface area contributed by atoms with E-state index in [1.165, 1.54) is 31.3 Å². The zero-order valence-electron chi connectivity index (χ0n) is 9.68. The number of carbonyl (C=O) groups excluding carboxylic acids is 1. The molecule has 0 bridgehead atoms. The molecule has 0 saturated carbocycles. The fraction of sp³-hybridized carbons (Fsp3) is 0.333. The molecule has 0 aliphatic carbocycles. The highest BCUT2D eigenvalue weighted by molar-refractivity contribution is 5.96. The number of rotatable bonds is 4. The van der Waals surface area contributed by atoms with Gasteiger partial charge >= 0.3 is 5.97 Å². The molecular formula is C12H14FNO3. The Morgan fingerprint density at radius 1 is 1.35 bits per heavy atom. The van der Waals surface area contributed by atoms with Crippen LogP contribution in [0.2, 0.25) is 0 Å². The van der Waals surface area contributed by atoms with Crippen molar-refractivity contribution in [2.75, 3.05) is 7.05 Å². The van der Waals surface area contributed by atoms with Crippen LogP contribution >= 0.6 is 0 Å². The second-order valence-electron chi connectivity index (χ2n) is 3.69. The molecule has 0 fully saturated rings. The zero-order chi connectivity index (χ0) is 13.0. The van der Waals surface area contributed by atoms with E-state index in [2.05, 4.69) is 0 Å². The summed E-state index contributed by atoms with van der Waals surface area (Å²) < 4.78 is 12.7. The van der Waals surface area contributed by atoms with Crippen molar-refractivity contribution in [1.29, 1.82) is 0 Å². The van der Waals surface area contributed by atoms with Crippen molar-refractivity contribution in [2.24, 2.45) is 0 Å². The molecular weight excluding hydrogens is 225 g/mol. The minimum Gasteiger partial charge on any atom is -0.480 e. The molecule has 1 aromatic rings. The van der Waals surface area contributed by atoms with Crippen LogP contribution in [0.3, 0.4) is 0 Å². The highest BCUT2D eigenvalue weighted by Crippen LogP contribution is 2.10. The van der Waals surface area contributed by atoms with Gasteiger partial charge in [-0.2, -0.15) is 0 Å². The number of carbonyl (C=O) groups is 2. The Morgan fingerprint density at radius 2 is 1.88 bits per heavy atom. The lowest BCUT2D eigenvalue weighted by molar-refractivity contribution is -0.142. The van der Waals surface area contributed by atoms with Gasteiger partial charge in [0.1, 0.15) is 11.9 Å². The predicted octanol–water partition coefficient (Wildman–Crippen LogP) is 1.76. The van der Waals surface area contributed by atoms with Crippen molar-refractivity contribution in [1.82, 2.24) is 4.90 Å². The van der Waals surface area contributed by atoms with E-state index < -0.39 is 23.7 Å². The summed E-state index contributed by atoms with van der Waals surface area (Å²) in [6.07, 6.45) is 0.318. The Kier molecular flexibility index (Phi) is 4.20. The minimum atomic E-state index is -1.05. The van der Waals surface area contributed by atoms with E-state index in [4.69, 9.17) is 5.11 Å². The van der Waals surface area contributed by atoms with Gasteiger partial charge < -0.3 is 10.0 Å². The maximum Gasteiger partial charge on any atom is 0.326 e. The van der Waals surface area contributed by atoms with Crippen LogP contribution in [0.15, 0.2) is 24.3 Å². The number of amides is 1. The van der Waals surface area contributed by atoms with Gasteiger partial charge in [0.2, 0.25) is 0 Å². The minimum absolute atomic E-state index is 0.272. The lowest BCUT2D eigenvalue weighted by Crippen LogP contribution is -2.41. The second-order valence-corrected chi connectivity index (χ2v) is 3.69. The van der Waals surface area contributed by atoms with Crippen molar-refractivity contribution in [3.05, 3.63) is 35.6 Å². The molecule has 1 atom stereocenters. The molecule has 0 aliphatic heterocycles. The van der Waals surface area contributed by atoms with E-state index in [-0.39, 0.29) is 5.56 Å². The van der Waals surface area contributed by atoms with Gasteiger partial charge in [-0.1, -0.05) is 6.92 Å². The lowest BCUT2D eigenvalue weighted by Gasteiger charge is -2.23. The molecule has 17 heavy (non-hydrogen) atoms. The number of likely N-dealkylation sites (N-methyl/N-ethyl adjacent to an activating group) is 1. The molecule has 5 heteroatoms. The highest BCUT2D eigenvalue weighted by atomic mass is 19.1. The van der Waals surface area contributed by atoms with Gasteiger partial charge in [-0.15, -0.1) is 0 Å². The van der Waals surface area contributed by atoms with E-state index in [0.29, 0.717) is 6.42 Å². The molecule has 0 radical (unpaired) electrons. The van der Waals surface area contributed by atoms with Gasteiger partial charge in [0.25, 0.3) is 5.91 Å². The van der Waals surface area contributed by atoms with Gasteiger partial charge in [0.05, 0.1) is 0 Å². The molecule has 0 heterocycles. The number of nitrogens with zero attached hydrogens (tertiary/aromatic N) is 1. The van der Waals surface area contributed by atoms with Crippen LogP contribution < -0.4 is 0 Å². The van der Waals surface area contributed by atoms with E-state index in [9.17, 15) is 14.0 Å². The Morgan fingerprint density at radius 3 is 2.29 bits per heavy atom. The summed E-state index contributed by atoms with van der Waals surface area (Å²) in [5, 5.41) is 8.93. The maximum absolute atomic E-state index is 12.7. The van der Waals surface area contributed by atoms with Crippen LogP contribution in [0.1, 0.15) is 23.7 Å². The molecule has 1 aromatic carbocycles. The van der Waals surface area contributed by atoms with Gasteiger partial charge in [-0.25, -0.2) is 9.18 Å². The average molecular weight is 239 g/mol. The van der Waals surface area contributed by atoms with Crippen molar-refractivity contribution in [3.63, 3.8) is 0 Å². The van der Waals surface area contributed by atoms with Gasteiger partial charge in [-0.05, 0) is 30.7 Å². The van der Waals surface area contributed by atoms with Gasteiger partial charge in [-0.3, -0.25) is 4.79 Å². The van der Waals surface area contributed by atoms with Crippen LogP contribution in [0.4, 0.5) is 4.39 Å². The monoisotopic (exact) mass is 239 g/mol. The van der Waals surface area contributed by atoms with Gasteiger partial charge in [0.15, 0.2) is 0 Å². The number of carboxylic acid groups (broad SMARTS) is 1. The summed E-state index contributed by atoms with van der Waals surface area (Å²) >= 11 is 0. The van der Waals surface area contributed by atoms with Crippen molar-refractivity contribution in [3.8, 4) is 0 Å². The Labute approximate surface area is 98.7 Å². The molecule has 0 aliphatic rings. The molecule has 1 unspecified atom stereocenters. The number of hydrogen-bond donors (Lipinski definition) is 1. The molecule has 0 spiro atoms. The first-order chi connectivity index (χ1) is 7.97. The van der Waals surface area contributed by atoms with E-state index in [1.54, 1.807) is 6.92 Å². The fourth-order valence-corrected chi connectivity index (χ4v) is 1.55. The van der Waals surface area contributed by atoms with Crippen molar-refractivity contribution in [2.45, 2.75) is 19.4 Å². The third kappa shape index (κ3) is 3.03. The fourth-order valence-electron chi connectivity index (χ4n) is 1.55. The normalized spacial score (nSPS) is 11.9. The molecule has 0 saturated heterocycles. The first-order valence-electron chi connectivity index (χ1n) is 5.23. The summed E-state index contributed by atoms with van der Waals surface area (Å²) in [6.45, 7) is 1.69. The number of halogens is 1. The Bertz CT molecular complexity index is 416. The lowest BCUT2D eigenvalue weighted by atomic mass is 10.1. The average Bonchev–Trinajstić information content (AvgIpc) is 2.29. The van der Waals surface area contributed by atoms with Crippen LogP contribution in [0, 0.1) is 5.82 Å². The van der Waals surface area contributed by atoms with Crippen LogP contribution in [-0.2, 0) is 4.79 Å². The summed E-state index contributed by atoms with van der Waals surface area (Å²) in [6, 6.07) is 4.14. The van der Waals surface area contributed by atoms with E-state index in [0.717, 1.165) is 4.90 Å². The topological polar surface area (TPSA) is 57.6 Å². The number of carboxylic acids is 1. The van der Waals surface area contributed by atoms with E-state index in [1.807, 2.05) is 0 Å². The molecule has 4 nitrogen and oxygen atoms in total. The van der Waals surface area contributed by atoms with Gasteiger partial charge in [0, 0.05) is 12.6 Å². The summed E-state index contributed by atoms with van der Waals surface area (Å²) in [5.41, 5.74) is 0.272. The zero-order valence-corrected chi connectivity index (χ0v) is 9.68. The number of hydrogen-bond acceptors (Lipinski definition) is 2. The summed E-state index contributed by atoms with van der Waals surface area (Å²) in [4.78, 5) is 24.0. The van der Waals surface area contributed by atoms with Crippen LogP contribution in [0.5, 0.6) is 0 Å². The smallest absolute Gasteiger partial charge is 0.326 e. The first-order valence-corrected chi connectivity index (χ1v) is 5.23. The van der Waals surface area contributed by atoms with Crippen LogP contribution in [-0.4, -0.2) is 35.0 Å². The van der Waals surface area contributed by atoms with Crippen LogP contribution in [0.25, 0.3) is 0 Å². The van der Waals surface area contributed by atoms with Crippen molar-refractivity contribution < 1.29 is 19.1 Å². The molecule has 1 N–H and O–H groups in total. The summed E-state index contributed by atoms with van der Waals surface area (Å²) in [5.74, 6) is -1.92. The van der Waals surface area contributed by atoms with E-state index >= 15 is 0 Å². The standard InChI is InChI=1S/C12H14FNO3/c1-3-10(12(16)17)14(2)11(15)8-4-6-9(13)7-5-8/h4-7,10H,3H2,1-2H3,(H,16,17). The second kappa shape index (κ2) is 5.43. The Hall–Kier alpha value is -1.91. The molecule has 1 rings (SSSR count). The molecule has 1 amide bonds. The quantitative estimate of drug-likeness (QED) is 0.871. The largest absolute Gasteiger partial charge is 0.480 e.